The van der Waals surface area contributed by atoms with Crippen molar-refractivity contribution in [1.82, 2.24) is 25.1 Å². The second-order valence-corrected chi connectivity index (χ2v) is 10.4. The summed E-state index contributed by atoms with van der Waals surface area (Å²) in [6.07, 6.45) is 8.66. The van der Waals surface area contributed by atoms with E-state index in [1.54, 1.807) is 38.4 Å². The minimum Gasteiger partial charge on any atom is -0.366 e. The van der Waals surface area contributed by atoms with Crippen LogP contribution in [-0.4, -0.2) is 77.4 Å². The molecule has 2 fully saturated rings. The van der Waals surface area contributed by atoms with Gasteiger partial charge in [0.05, 0.1) is 11.8 Å². The molecule has 1 aromatic carbocycles. The van der Waals surface area contributed by atoms with E-state index in [1.807, 2.05) is 19.0 Å². The van der Waals surface area contributed by atoms with Gasteiger partial charge in [-0.25, -0.2) is 9.37 Å². The standard InChI is InChI=1S/C29H36FN7O2/c1-19(37(4)26(38)6-5-15-36(2)3)28(39)33-25-16-20(17-25)7-8-21-18-31-29(35-27(21)32-23-13-14-23)34-24-11-9-22(30)10-12-24/h5-6,9-12,18-20,23,25H,13-17H2,1-4H3,(H,33,39)(H2,31,32,34,35)/b6-5+/t19-,20?,25?/m0/s1. The Morgan fingerprint density at radius 1 is 1.15 bits per heavy atom. The Morgan fingerprint density at radius 2 is 1.87 bits per heavy atom. The monoisotopic (exact) mass is 533 g/mol. The molecule has 2 saturated carbocycles. The maximum Gasteiger partial charge on any atom is 0.246 e. The molecule has 1 aromatic heterocycles. The number of aromatic nitrogens is 2. The van der Waals surface area contributed by atoms with Crippen LogP contribution in [0.15, 0.2) is 42.6 Å². The van der Waals surface area contributed by atoms with Crippen LogP contribution in [0.25, 0.3) is 0 Å². The van der Waals surface area contributed by atoms with Gasteiger partial charge in [-0.1, -0.05) is 17.9 Å². The lowest BCUT2D eigenvalue weighted by molar-refractivity contribution is -0.135. The smallest absolute Gasteiger partial charge is 0.246 e. The van der Waals surface area contributed by atoms with Gasteiger partial charge in [0.2, 0.25) is 17.8 Å². The number of carbonyl (C=O) groups is 2. The number of anilines is 3. The molecule has 10 heteroatoms. The number of hydrogen-bond donors (Lipinski definition) is 3. The van der Waals surface area contributed by atoms with E-state index < -0.39 is 6.04 Å². The fraction of sp³-hybridized carbons (Fsp3) is 0.448. The van der Waals surface area contributed by atoms with Crippen LogP contribution in [0.3, 0.4) is 0 Å². The highest BCUT2D eigenvalue weighted by Crippen LogP contribution is 2.29. The summed E-state index contributed by atoms with van der Waals surface area (Å²) in [5.74, 6) is 7.07. The molecule has 2 aliphatic rings. The molecule has 1 heterocycles. The Hall–Kier alpha value is -3.97. The van der Waals surface area contributed by atoms with Gasteiger partial charge in [-0.2, -0.15) is 4.98 Å². The number of benzene rings is 1. The Bertz CT molecular complexity index is 1260. The van der Waals surface area contributed by atoms with E-state index >= 15 is 0 Å². The quantitative estimate of drug-likeness (QED) is 0.319. The van der Waals surface area contributed by atoms with Gasteiger partial charge >= 0.3 is 0 Å². The Balaban J connectivity index is 1.29. The lowest BCUT2D eigenvalue weighted by Gasteiger charge is -2.34. The first-order chi connectivity index (χ1) is 18.7. The highest BCUT2D eigenvalue weighted by Gasteiger charge is 2.31. The molecule has 0 radical (unpaired) electrons. The topological polar surface area (TPSA) is 102 Å². The molecule has 9 nitrogen and oxygen atoms in total. The lowest BCUT2D eigenvalue weighted by atomic mass is 9.80. The largest absolute Gasteiger partial charge is 0.366 e. The maximum absolute atomic E-state index is 13.2. The zero-order valence-electron chi connectivity index (χ0n) is 22.9. The number of halogens is 1. The molecule has 1 atom stereocenters. The van der Waals surface area contributed by atoms with Crippen molar-refractivity contribution in [3.8, 4) is 11.8 Å². The van der Waals surface area contributed by atoms with Gasteiger partial charge in [-0.15, -0.1) is 0 Å². The number of rotatable bonds is 10. The summed E-state index contributed by atoms with van der Waals surface area (Å²) in [6.45, 7) is 2.39. The van der Waals surface area contributed by atoms with Gasteiger partial charge in [0.1, 0.15) is 17.7 Å². The fourth-order valence-electron chi connectivity index (χ4n) is 3.93. The van der Waals surface area contributed by atoms with Crippen molar-refractivity contribution < 1.29 is 14.0 Å². The Morgan fingerprint density at radius 3 is 2.54 bits per heavy atom. The van der Waals surface area contributed by atoms with Crippen molar-refractivity contribution in [2.75, 3.05) is 38.3 Å². The number of nitrogens with zero attached hydrogens (tertiary/aromatic N) is 4. The van der Waals surface area contributed by atoms with Crippen molar-refractivity contribution in [1.29, 1.82) is 0 Å². The third-order valence-corrected chi connectivity index (χ3v) is 6.74. The van der Waals surface area contributed by atoms with Crippen LogP contribution in [0.1, 0.15) is 38.2 Å². The molecule has 39 heavy (non-hydrogen) atoms. The molecule has 206 valence electrons. The minimum absolute atomic E-state index is 0.0367. The van der Waals surface area contributed by atoms with Crippen LogP contribution in [0.5, 0.6) is 0 Å². The van der Waals surface area contributed by atoms with Crippen molar-refractivity contribution in [3.05, 3.63) is 54.0 Å². The third-order valence-electron chi connectivity index (χ3n) is 6.74. The normalized spacial score (nSPS) is 19.0. The zero-order valence-corrected chi connectivity index (χ0v) is 22.9. The molecule has 4 rings (SSSR count). The summed E-state index contributed by atoms with van der Waals surface area (Å²) in [5, 5.41) is 9.54. The average molecular weight is 534 g/mol. The first-order valence-electron chi connectivity index (χ1n) is 13.2. The van der Waals surface area contributed by atoms with Crippen molar-refractivity contribution >= 4 is 29.3 Å². The molecular weight excluding hydrogens is 497 g/mol. The van der Waals surface area contributed by atoms with E-state index in [0.717, 1.165) is 31.2 Å². The van der Waals surface area contributed by atoms with Crippen molar-refractivity contribution in [2.45, 2.75) is 50.7 Å². The Kier molecular flexibility index (Phi) is 9.15. The van der Waals surface area contributed by atoms with Gasteiger partial charge in [-0.3, -0.25) is 9.59 Å². The molecular formula is C29H36FN7O2. The van der Waals surface area contributed by atoms with E-state index in [4.69, 9.17) is 0 Å². The van der Waals surface area contributed by atoms with Gasteiger partial charge in [0.25, 0.3) is 0 Å². The van der Waals surface area contributed by atoms with Gasteiger partial charge in [-0.05, 0) is 71.0 Å². The number of nitrogens with one attached hydrogen (secondary N) is 3. The van der Waals surface area contributed by atoms with Crippen LogP contribution < -0.4 is 16.0 Å². The predicted molar refractivity (Wildman–Crippen MR) is 150 cm³/mol. The number of likely N-dealkylation sites (N-methyl/N-ethyl adjacent to an activating group) is 2. The summed E-state index contributed by atoms with van der Waals surface area (Å²) in [5.41, 5.74) is 1.41. The molecule has 3 N–H and O–H groups in total. The second kappa shape index (κ2) is 12.7. The molecule has 0 bridgehead atoms. The predicted octanol–water partition coefficient (Wildman–Crippen LogP) is 3.14. The lowest BCUT2D eigenvalue weighted by Crippen LogP contribution is -2.51. The van der Waals surface area contributed by atoms with E-state index in [2.05, 4.69) is 37.8 Å². The fourth-order valence-corrected chi connectivity index (χ4v) is 3.93. The number of carbonyl (C=O) groups excluding carboxylic acids is 2. The van der Waals surface area contributed by atoms with E-state index in [0.29, 0.717) is 30.0 Å². The van der Waals surface area contributed by atoms with Crippen LogP contribution in [0.2, 0.25) is 0 Å². The maximum atomic E-state index is 13.2. The first kappa shape index (κ1) is 28.0. The van der Waals surface area contributed by atoms with Crippen molar-refractivity contribution in [2.24, 2.45) is 5.92 Å². The number of amides is 2. The molecule has 0 saturated heterocycles. The molecule has 2 amide bonds. The first-order valence-corrected chi connectivity index (χ1v) is 13.2. The minimum atomic E-state index is -0.568. The highest BCUT2D eigenvalue weighted by molar-refractivity contribution is 5.92. The third kappa shape index (κ3) is 8.26. The second-order valence-electron chi connectivity index (χ2n) is 10.4. The Labute approximate surface area is 229 Å². The SMILES string of the molecule is C[C@@H](C(=O)NC1CC(C#Cc2cnc(Nc3ccc(F)cc3)nc2NC2CC2)C1)N(C)C(=O)/C=C/CN(C)C. The molecule has 2 aliphatic carbocycles. The zero-order chi connectivity index (χ0) is 27.9. The number of hydrogen-bond acceptors (Lipinski definition) is 7. The molecule has 2 aromatic rings. The van der Waals surface area contributed by atoms with E-state index in [-0.39, 0.29) is 29.6 Å². The summed E-state index contributed by atoms with van der Waals surface area (Å²) in [6, 6.07) is 5.87. The van der Waals surface area contributed by atoms with E-state index in [1.165, 1.54) is 23.1 Å². The highest BCUT2D eigenvalue weighted by atomic mass is 19.1. The van der Waals surface area contributed by atoms with Crippen molar-refractivity contribution in [3.63, 3.8) is 0 Å². The van der Waals surface area contributed by atoms with Crippen LogP contribution in [0.4, 0.5) is 21.8 Å². The summed E-state index contributed by atoms with van der Waals surface area (Å²) in [7, 11) is 5.49. The van der Waals surface area contributed by atoms with Gasteiger partial charge < -0.3 is 25.8 Å². The molecule has 0 spiro atoms. The van der Waals surface area contributed by atoms with E-state index in [9.17, 15) is 14.0 Å². The summed E-state index contributed by atoms with van der Waals surface area (Å²) >= 11 is 0. The van der Waals surface area contributed by atoms with Crippen LogP contribution >= 0.6 is 0 Å². The molecule has 0 unspecified atom stereocenters. The summed E-state index contributed by atoms with van der Waals surface area (Å²) in [4.78, 5) is 37.4. The van der Waals surface area contributed by atoms with Gasteiger partial charge in [0, 0.05) is 43.4 Å². The van der Waals surface area contributed by atoms with Crippen LogP contribution in [0, 0.1) is 23.6 Å². The summed E-state index contributed by atoms with van der Waals surface area (Å²) < 4.78 is 13.2. The average Bonchev–Trinajstić information content (AvgIpc) is 3.70. The van der Waals surface area contributed by atoms with Crippen LogP contribution in [-0.2, 0) is 9.59 Å². The van der Waals surface area contributed by atoms with Gasteiger partial charge in [0.15, 0.2) is 0 Å². The molecule has 0 aliphatic heterocycles.